The maximum atomic E-state index is 13.5. The molecule has 1 nitrogen and oxygen atoms in total. The van der Waals surface area contributed by atoms with Crippen LogP contribution < -0.4 is 5.73 Å². The number of alkyl halides is 2. The van der Waals surface area contributed by atoms with Crippen molar-refractivity contribution in [2.75, 3.05) is 6.54 Å². The molecule has 0 spiro atoms. The van der Waals surface area contributed by atoms with Crippen LogP contribution in [0.25, 0.3) is 0 Å². The second-order valence-corrected chi connectivity index (χ2v) is 5.03. The molecule has 1 atom stereocenters. The quantitative estimate of drug-likeness (QED) is 0.837. The van der Waals surface area contributed by atoms with Crippen LogP contribution in [0.15, 0.2) is 24.3 Å². The Morgan fingerprint density at radius 1 is 1.25 bits per heavy atom. The number of benzene rings is 1. The molecule has 86 valence electrons. The van der Waals surface area contributed by atoms with Gasteiger partial charge in [-0.2, -0.15) is 0 Å². The number of nitrogens with two attached hydrogens (primary N) is 1. The first-order chi connectivity index (χ1) is 7.61. The van der Waals surface area contributed by atoms with Crippen LogP contribution in [0, 0.1) is 0 Å². The van der Waals surface area contributed by atoms with E-state index in [4.69, 9.17) is 5.73 Å². The van der Waals surface area contributed by atoms with Crippen LogP contribution in [0.5, 0.6) is 0 Å². The average Bonchev–Trinajstić information content (AvgIpc) is 3.15. The molecule has 2 aliphatic rings. The third-order valence-electron chi connectivity index (χ3n) is 3.94. The van der Waals surface area contributed by atoms with Crippen molar-refractivity contribution < 1.29 is 8.78 Å². The lowest BCUT2D eigenvalue weighted by atomic mass is 9.89. The summed E-state index contributed by atoms with van der Waals surface area (Å²) in [7, 11) is 0. The summed E-state index contributed by atoms with van der Waals surface area (Å²) < 4.78 is 27.0. The molecule has 2 saturated carbocycles. The van der Waals surface area contributed by atoms with Crippen LogP contribution in [0.2, 0.25) is 0 Å². The number of halogens is 2. The Kier molecular flexibility index (Phi) is 1.94. The van der Waals surface area contributed by atoms with Gasteiger partial charge < -0.3 is 5.73 Å². The summed E-state index contributed by atoms with van der Waals surface area (Å²) in [5.41, 5.74) is 6.42. The minimum absolute atomic E-state index is 0.0454. The van der Waals surface area contributed by atoms with Gasteiger partial charge in [0.1, 0.15) is 0 Å². The molecule has 16 heavy (non-hydrogen) atoms. The fourth-order valence-corrected chi connectivity index (χ4v) is 2.64. The van der Waals surface area contributed by atoms with Crippen molar-refractivity contribution in [3.63, 3.8) is 0 Å². The maximum Gasteiger partial charge on any atom is 0.260 e. The standard InChI is InChI=1S/C13H15F2N/c14-13(15)7-12(13,8-16)11-4-2-1-3-10(11)9-5-6-9/h1-4,9H,5-8,16H2. The van der Waals surface area contributed by atoms with Crippen LogP contribution in [0.4, 0.5) is 8.78 Å². The first kappa shape index (κ1) is 10.2. The Balaban J connectivity index is 2.06. The third-order valence-corrected chi connectivity index (χ3v) is 3.94. The monoisotopic (exact) mass is 223 g/mol. The minimum Gasteiger partial charge on any atom is -0.329 e. The lowest BCUT2D eigenvalue weighted by Crippen LogP contribution is -2.27. The van der Waals surface area contributed by atoms with E-state index in [-0.39, 0.29) is 13.0 Å². The highest BCUT2D eigenvalue weighted by Crippen LogP contribution is 2.63. The molecule has 2 aliphatic carbocycles. The maximum absolute atomic E-state index is 13.5. The Morgan fingerprint density at radius 2 is 1.88 bits per heavy atom. The number of hydrogen-bond acceptors (Lipinski definition) is 1. The van der Waals surface area contributed by atoms with E-state index in [9.17, 15) is 8.78 Å². The van der Waals surface area contributed by atoms with Crippen LogP contribution in [-0.4, -0.2) is 12.5 Å². The van der Waals surface area contributed by atoms with Crippen molar-refractivity contribution in [3.8, 4) is 0 Å². The van der Waals surface area contributed by atoms with Gasteiger partial charge in [0, 0.05) is 13.0 Å². The zero-order valence-corrected chi connectivity index (χ0v) is 9.05. The van der Waals surface area contributed by atoms with Gasteiger partial charge in [-0.15, -0.1) is 0 Å². The predicted molar refractivity (Wildman–Crippen MR) is 58.7 cm³/mol. The largest absolute Gasteiger partial charge is 0.329 e. The SMILES string of the molecule is NCC1(c2ccccc2C2CC2)CC1(F)F. The topological polar surface area (TPSA) is 26.0 Å². The van der Waals surface area contributed by atoms with Crippen LogP contribution in [0.3, 0.4) is 0 Å². The molecule has 0 radical (unpaired) electrons. The highest BCUT2D eigenvalue weighted by molar-refractivity contribution is 5.46. The predicted octanol–water partition coefficient (Wildman–Crippen LogP) is 2.80. The van der Waals surface area contributed by atoms with Gasteiger partial charge in [-0.1, -0.05) is 24.3 Å². The number of rotatable bonds is 3. The fourth-order valence-electron chi connectivity index (χ4n) is 2.64. The Labute approximate surface area is 93.6 Å². The molecule has 0 bridgehead atoms. The van der Waals surface area contributed by atoms with Gasteiger partial charge in [0.05, 0.1) is 5.41 Å². The van der Waals surface area contributed by atoms with E-state index in [1.807, 2.05) is 24.3 Å². The van der Waals surface area contributed by atoms with Crippen LogP contribution in [-0.2, 0) is 5.41 Å². The van der Waals surface area contributed by atoms with E-state index < -0.39 is 11.3 Å². The highest BCUT2D eigenvalue weighted by atomic mass is 19.3. The molecule has 0 saturated heterocycles. The molecule has 3 heteroatoms. The summed E-state index contributed by atoms with van der Waals surface area (Å²) in [6.45, 7) is 0.0454. The van der Waals surface area contributed by atoms with E-state index in [2.05, 4.69) is 0 Å². The van der Waals surface area contributed by atoms with Crippen molar-refractivity contribution in [1.29, 1.82) is 0 Å². The second kappa shape index (κ2) is 3.04. The van der Waals surface area contributed by atoms with Gasteiger partial charge in [-0.3, -0.25) is 0 Å². The zero-order chi connectivity index (χ0) is 11.4. The van der Waals surface area contributed by atoms with Crippen molar-refractivity contribution in [3.05, 3.63) is 35.4 Å². The van der Waals surface area contributed by atoms with Crippen molar-refractivity contribution >= 4 is 0 Å². The lowest BCUT2D eigenvalue weighted by Gasteiger charge is -2.18. The summed E-state index contributed by atoms with van der Waals surface area (Å²) in [6.07, 6.45) is 2.17. The molecule has 1 unspecified atom stereocenters. The molecule has 3 rings (SSSR count). The summed E-state index contributed by atoms with van der Waals surface area (Å²) in [5.74, 6) is -2.11. The van der Waals surface area contributed by atoms with E-state index in [1.54, 1.807) is 0 Å². The molecule has 0 aliphatic heterocycles. The van der Waals surface area contributed by atoms with E-state index in [0.717, 1.165) is 24.0 Å². The summed E-state index contributed by atoms with van der Waals surface area (Å²) in [5, 5.41) is 0. The number of hydrogen-bond donors (Lipinski definition) is 1. The first-order valence-electron chi connectivity index (χ1n) is 5.78. The lowest BCUT2D eigenvalue weighted by molar-refractivity contribution is 0.0894. The average molecular weight is 223 g/mol. The Hall–Kier alpha value is -0.960. The first-order valence-corrected chi connectivity index (χ1v) is 5.78. The highest BCUT2D eigenvalue weighted by Gasteiger charge is 2.71. The van der Waals surface area contributed by atoms with Gasteiger partial charge in [0.25, 0.3) is 5.92 Å². The van der Waals surface area contributed by atoms with Crippen LogP contribution >= 0.6 is 0 Å². The molecule has 2 fully saturated rings. The van der Waals surface area contributed by atoms with E-state index in [0.29, 0.717) is 5.92 Å². The van der Waals surface area contributed by atoms with E-state index in [1.165, 1.54) is 0 Å². The summed E-state index contributed by atoms with van der Waals surface area (Å²) >= 11 is 0. The molecule has 2 N–H and O–H groups in total. The molecular weight excluding hydrogens is 208 g/mol. The molecule has 0 amide bonds. The van der Waals surface area contributed by atoms with Crippen molar-refractivity contribution in [2.24, 2.45) is 5.73 Å². The summed E-state index contributed by atoms with van der Waals surface area (Å²) in [6, 6.07) is 7.59. The second-order valence-electron chi connectivity index (χ2n) is 5.03. The fraction of sp³-hybridized carbons (Fsp3) is 0.538. The minimum atomic E-state index is -2.60. The molecule has 1 aromatic rings. The van der Waals surface area contributed by atoms with Gasteiger partial charge in [-0.25, -0.2) is 8.78 Å². The van der Waals surface area contributed by atoms with Crippen LogP contribution in [0.1, 0.15) is 36.3 Å². The van der Waals surface area contributed by atoms with Gasteiger partial charge in [0.15, 0.2) is 0 Å². The van der Waals surface area contributed by atoms with Gasteiger partial charge in [0.2, 0.25) is 0 Å². The molecule has 0 aromatic heterocycles. The third kappa shape index (κ3) is 1.24. The Bertz CT molecular complexity index is 426. The van der Waals surface area contributed by atoms with Crippen molar-refractivity contribution in [1.82, 2.24) is 0 Å². The smallest absolute Gasteiger partial charge is 0.260 e. The molecular formula is C13H15F2N. The zero-order valence-electron chi connectivity index (χ0n) is 9.05. The normalized spacial score (nSPS) is 31.4. The van der Waals surface area contributed by atoms with Gasteiger partial charge in [-0.05, 0) is 29.9 Å². The summed E-state index contributed by atoms with van der Waals surface area (Å²) in [4.78, 5) is 0. The Morgan fingerprint density at radius 3 is 2.38 bits per heavy atom. The van der Waals surface area contributed by atoms with E-state index >= 15 is 0 Å². The van der Waals surface area contributed by atoms with Gasteiger partial charge >= 0.3 is 0 Å². The van der Waals surface area contributed by atoms with Crippen molar-refractivity contribution in [2.45, 2.75) is 36.5 Å². The molecule has 0 heterocycles. The molecule has 1 aromatic carbocycles.